The summed E-state index contributed by atoms with van der Waals surface area (Å²) in [6, 6.07) is 33.9. The summed E-state index contributed by atoms with van der Waals surface area (Å²) in [6.45, 7) is 1.40. The van der Waals surface area contributed by atoms with Crippen molar-refractivity contribution in [2.24, 2.45) is 5.92 Å². The normalized spacial score (nSPS) is 14.6. The van der Waals surface area contributed by atoms with E-state index in [0.29, 0.717) is 5.56 Å². The number of ether oxygens (including phenoxy) is 1. The summed E-state index contributed by atoms with van der Waals surface area (Å²) in [4.78, 5) is 39.5. The Balaban J connectivity index is 1.65. The summed E-state index contributed by atoms with van der Waals surface area (Å²) >= 11 is 0. The van der Waals surface area contributed by atoms with Crippen LogP contribution in [0.25, 0.3) is 11.1 Å². The van der Waals surface area contributed by atoms with Gasteiger partial charge in [0.25, 0.3) is 0 Å². The van der Waals surface area contributed by atoms with Crippen molar-refractivity contribution in [3.8, 4) is 11.1 Å². The minimum absolute atomic E-state index is 0.0331. The minimum Gasteiger partial charge on any atom is -0.468 e. The first-order valence-corrected chi connectivity index (χ1v) is 12.7. The van der Waals surface area contributed by atoms with E-state index < -0.39 is 23.5 Å². The fourth-order valence-electron chi connectivity index (χ4n) is 5.59. The number of ketones is 2. The number of esters is 1. The SMILES string of the molecule is COC(=O)C(CC(C(C)=O)C(=O)c1ccccc1)NC1(c2ccccc2)c2ccccc2-c2ccccc21. The third-order valence-corrected chi connectivity index (χ3v) is 7.37. The van der Waals surface area contributed by atoms with E-state index >= 15 is 0 Å². The molecule has 0 saturated heterocycles. The van der Waals surface area contributed by atoms with Gasteiger partial charge in [-0.3, -0.25) is 19.7 Å². The lowest BCUT2D eigenvalue weighted by atomic mass is 9.79. The van der Waals surface area contributed by atoms with Crippen LogP contribution >= 0.6 is 0 Å². The molecule has 0 aromatic heterocycles. The largest absolute Gasteiger partial charge is 0.468 e. The van der Waals surface area contributed by atoms with Gasteiger partial charge in [0.15, 0.2) is 5.78 Å². The second-order valence-electron chi connectivity index (χ2n) is 9.56. The molecule has 0 saturated carbocycles. The van der Waals surface area contributed by atoms with Gasteiger partial charge in [-0.25, -0.2) is 0 Å². The highest BCUT2D eigenvalue weighted by atomic mass is 16.5. The molecule has 1 aliphatic carbocycles. The van der Waals surface area contributed by atoms with Crippen molar-refractivity contribution in [1.82, 2.24) is 5.32 Å². The molecule has 4 aromatic rings. The lowest BCUT2D eigenvalue weighted by Crippen LogP contribution is -2.53. The summed E-state index contributed by atoms with van der Waals surface area (Å²) in [7, 11) is 1.32. The van der Waals surface area contributed by atoms with E-state index in [1.54, 1.807) is 24.3 Å². The van der Waals surface area contributed by atoms with Gasteiger partial charge >= 0.3 is 5.97 Å². The Bertz CT molecular complexity index is 1430. The van der Waals surface area contributed by atoms with E-state index in [1.165, 1.54) is 14.0 Å². The van der Waals surface area contributed by atoms with E-state index in [0.717, 1.165) is 27.8 Å². The first-order valence-electron chi connectivity index (χ1n) is 12.7. The molecule has 0 spiro atoms. The molecule has 5 nitrogen and oxygen atoms in total. The van der Waals surface area contributed by atoms with Crippen LogP contribution in [-0.4, -0.2) is 30.7 Å². The highest BCUT2D eigenvalue weighted by Crippen LogP contribution is 2.51. The third kappa shape index (κ3) is 4.35. The van der Waals surface area contributed by atoms with Crippen LogP contribution < -0.4 is 5.32 Å². The highest BCUT2D eigenvalue weighted by Gasteiger charge is 2.47. The third-order valence-electron chi connectivity index (χ3n) is 7.37. The Hall–Kier alpha value is -4.35. The highest BCUT2D eigenvalue weighted by molar-refractivity contribution is 6.10. The molecule has 0 fully saturated rings. The van der Waals surface area contributed by atoms with Crippen LogP contribution in [0, 0.1) is 5.92 Å². The van der Waals surface area contributed by atoms with Gasteiger partial charge in [-0.05, 0) is 41.2 Å². The van der Waals surface area contributed by atoms with Crippen LogP contribution in [0.3, 0.4) is 0 Å². The van der Waals surface area contributed by atoms with Crippen molar-refractivity contribution < 1.29 is 19.1 Å². The molecule has 0 amide bonds. The molecule has 0 heterocycles. The number of carbonyl (C=O) groups is 3. The summed E-state index contributed by atoms with van der Waals surface area (Å²) < 4.78 is 5.22. The number of benzene rings is 4. The van der Waals surface area contributed by atoms with Gasteiger partial charge in [-0.15, -0.1) is 0 Å². The number of Topliss-reactive ketones (excluding diaryl/α,β-unsaturated/α-hetero) is 2. The number of fused-ring (bicyclic) bond motifs is 3. The zero-order valence-corrected chi connectivity index (χ0v) is 21.4. The average Bonchev–Trinajstić information content (AvgIpc) is 3.25. The zero-order chi connectivity index (χ0) is 26.7. The van der Waals surface area contributed by atoms with Gasteiger partial charge < -0.3 is 4.74 Å². The number of hydrogen-bond acceptors (Lipinski definition) is 5. The maximum Gasteiger partial charge on any atom is 0.322 e. The van der Waals surface area contributed by atoms with Crippen molar-refractivity contribution in [1.29, 1.82) is 0 Å². The second-order valence-corrected chi connectivity index (χ2v) is 9.56. The van der Waals surface area contributed by atoms with Crippen LogP contribution in [-0.2, 0) is 19.9 Å². The summed E-state index contributed by atoms with van der Waals surface area (Å²) in [5.41, 5.74) is 4.60. The topological polar surface area (TPSA) is 72.5 Å². The first-order chi connectivity index (χ1) is 18.5. The van der Waals surface area contributed by atoms with Crippen LogP contribution in [0.5, 0.6) is 0 Å². The van der Waals surface area contributed by atoms with Gasteiger partial charge in [0.1, 0.15) is 11.8 Å². The van der Waals surface area contributed by atoms with Crippen molar-refractivity contribution in [2.45, 2.75) is 24.9 Å². The quantitative estimate of drug-likeness (QED) is 0.184. The van der Waals surface area contributed by atoms with E-state index in [1.807, 2.05) is 60.7 Å². The monoisotopic (exact) mass is 503 g/mol. The number of methoxy groups -OCH3 is 1. The maximum absolute atomic E-state index is 13.4. The van der Waals surface area contributed by atoms with E-state index in [-0.39, 0.29) is 18.0 Å². The first kappa shape index (κ1) is 25.3. The Kier molecular flexibility index (Phi) is 7.03. The molecule has 1 aliphatic rings. The number of carbonyl (C=O) groups excluding carboxylic acids is 3. The van der Waals surface area contributed by atoms with Crippen molar-refractivity contribution in [2.75, 3.05) is 7.11 Å². The van der Waals surface area contributed by atoms with Crippen LogP contribution in [0.4, 0.5) is 0 Å². The lowest BCUT2D eigenvalue weighted by Gasteiger charge is -2.37. The van der Waals surface area contributed by atoms with E-state index in [9.17, 15) is 14.4 Å². The Morgan fingerprint density at radius 1 is 0.737 bits per heavy atom. The standard InChI is InChI=1S/C33H29NO4/c1-22(35)27(31(36)23-13-5-3-6-14-23)21-30(32(37)38-2)34-33(24-15-7-4-8-16-24)28-19-11-9-17-25(28)26-18-10-12-20-29(26)33/h3-20,27,30,34H,21H2,1-2H3. The summed E-state index contributed by atoms with van der Waals surface area (Å²) in [6.07, 6.45) is -0.0331. The predicted octanol–water partition coefficient (Wildman–Crippen LogP) is 5.57. The molecular formula is C33H29NO4. The minimum atomic E-state index is -1.01. The van der Waals surface area contributed by atoms with Crippen molar-refractivity contribution >= 4 is 17.5 Å². The average molecular weight is 504 g/mol. The van der Waals surface area contributed by atoms with Crippen molar-refractivity contribution in [3.63, 3.8) is 0 Å². The number of hydrogen-bond donors (Lipinski definition) is 1. The molecule has 0 aliphatic heterocycles. The number of nitrogens with one attached hydrogen (secondary N) is 1. The molecule has 0 radical (unpaired) electrons. The molecular weight excluding hydrogens is 474 g/mol. The van der Waals surface area contributed by atoms with E-state index in [4.69, 9.17) is 4.74 Å². The zero-order valence-electron chi connectivity index (χ0n) is 21.4. The Labute approximate surface area is 222 Å². The second kappa shape index (κ2) is 10.6. The molecule has 4 aromatic carbocycles. The smallest absolute Gasteiger partial charge is 0.322 e. The summed E-state index contributed by atoms with van der Waals surface area (Å²) in [5.74, 6) is -2.15. The molecule has 5 heteroatoms. The van der Waals surface area contributed by atoms with E-state index in [2.05, 4.69) is 29.6 Å². The molecule has 190 valence electrons. The molecule has 0 bridgehead atoms. The maximum atomic E-state index is 13.4. The molecule has 2 atom stereocenters. The molecule has 5 rings (SSSR count). The van der Waals surface area contributed by atoms with Gasteiger partial charge in [-0.1, -0.05) is 109 Å². The van der Waals surface area contributed by atoms with Gasteiger partial charge in [0, 0.05) is 5.56 Å². The fraction of sp³-hybridized carbons (Fsp3) is 0.182. The van der Waals surface area contributed by atoms with Gasteiger partial charge in [0.05, 0.1) is 18.6 Å². The molecule has 1 N–H and O–H groups in total. The summed E-state index contributed by atoms with van der Waals surface area (Å²) in [5, 5.41) is 3.62. The fourth-order valence-corrected chi connectivity index (χ4v) is 5.59. The van der Waals surface area contributed by atoms with Crippen molar-refractivity contribution in [3.05, 3.63) is 131 Å². The Morgan fingerprint density at radius 2 is 1.24 bits per heavy atom. The van der Waals surface area contributed by atoms with Crippen LogP contribution in [0.15, 0.2) is 109 Å². The van der Waals surface area contributed by atoms with Gasteiger partial charge in [0.2, 0.25) is 0 Å². The van der Waals surface area contributed by atoms with Gasteiger partial charge in [-0.2, -0.15) is 0 Å². The molecule has 2 unspecified atom stereocenters. The lowest BCUT2D eigenvalue weighted by molar-refractivity contribution is -0.144. The Morgan fingerprint density at radius 3 is 1.76 bits per heavy atom. The predicted molar refractivity (Wildman–Crippen MR) is 147 cm³/mol. The van der Waals surface area contributed by atoms with Crippen LogP contribution in [0.1, 0.15) is 40.4 Å². The van der Waals surface area contributed by atoms with Crippen LogP contribution in [0.2, 0.25) is 0 Å². The number of rotatable bonds is 9. The molecule has 38 heavy (non-hydrogen) atoms.